The first-order valence-corrected chi connectivity index (χ1v) is 7.13. The van der Waals surface area contributed by atoms with Crippen molar-refractivity contribution in [1.82, 2.24) is 4.98 Å². The molecule has 4 nitrogen and oxygen atoms in total. The van der Waals surface area contributed by atoms with Gasteiger partial charge in [-0.05, 0) is 44.4 Å². The predicted molar refractivity (Wildman–Crippen MR) is 76.8 cm³/mol. The zero-order chi connectivity index (χ0) is 13.7. The molecular weight excluding hydrogens is 236 g/mol. The first kappa shape index (κ1) is 13.8. The summed E-state index contributed by atoms with van der Waals surface area (Å²) in [7, 11) is 0. The minimum atomic E-state index is 0.463. The number of nitriles is 1. The van der Waals surface area contributed by atoms with Crippen molar-refractivity contribution in [2.24, 2.45) is 11.7 Å². The van der Waals surface area contributed by atoms with Crippen LogP contribution < -0.4 is 10.6 Å². The highest BCUT2D eigenvalue weighted by Gasteiger charge is 2.29. The highest BCUT2D eigenvalue weighted by molar-refractivity contribution is 5.46. The van der Waals surface area contributed by atoms with Gasteiger partial charge in [-0.2, -0.15) is 5.26 Å². The number of nitrogens with two attached hydrogens (primary N) is 1. The standard InChI is InChI=1S/C15H22N4/c1-2-19(14-6-4-3-5-13(14)11-17)15-9-12(10-16)7-8-18-15/h7-9,13-14H,2-6,11,17H2,1H3. The van der Waals surface area contributed by atoms with Crippen molar-refractivity contribution in [3.8, 4) is 6.07 Å². The first-order chi connectivity index (χ1) is 9.30. The van der Waals surface area contributed by atoms with E-state index in [0.717, 1.165) is 18.9 Å². The van der Waals surface area contributed by atoms with Gasteiger partial charge in [0.2, 0.25) is 0 Å². The maximum atomic E-state index is 9.01. The maximum Gasteiger partial charge on any atom is 0.130 e. The summed E-state index contributed by atoms with van der Waals surface area (Å²) >= 11 is 0. The second-order valence-electron chi connectivity index (χ2n) is 5.15. The molecule has 1 heterocycles. The largest absolute Gasteiger partial charge is 0.354 e. The van der Waals surface area contributed by atoms with Crippen LogP contribution in [0.5, 0.6) is 0 Å². The van der Waals surface area contributed by atoms with E-state index in [1.807, 2.05) is 6.07 Å². The number of rotatable bonds is 4. The molecule has 2 N–H and O–H groups in total. The Labute approximate surface area is 115 Å². The van der Waals surface area contributed by atoms with Crippen LogP contribution in [0.3, 0.4) is 0 Å². The van der Waals surface area contributed by atoms with Crippen molar-refractivity contribution in [1.29, 1.82) is 5.26 Å². The number of hydrogen-bond acceptors (Lipinski definition) is 4. The molecule has 0 saturated heterocycles. The Balaban J connectivity index is 2.25. The minimum absolute atomic E-state index is 0.463. The summed E-state index contributed by atoms with van der Waals surface area (Å²) < 4.78 is 0. The Morgan fingerprint density at radius 1 is 1.47 bits per heavy atom. The maximum absolute atomic E-state index is 9.01. The molecular formula is C15H22N4. The molecule has 1 aromatic rings. The number of aromatic nitrogens is 1. The molecule has 0 radical (unpaired) electrons. The van der Waals surface area contributed by atoms with Crippen LogP contribution in [-0.4, -0.2) is 24.1 Å². The van der Waals surface area contributed by atoms with Crippen molar-refractivity contribution in [2.45, 2.75) is 38.6 Å². The van der Waals surface area contributed by atoms with Gasteiger partial charge in [-0.1, -0.05) is 12.8 Å². The van der Waals surface area contributed by atoms with Gasteiger partial charge in [0.25, 0.3) is 0 Å². The van der Waals surface area contributed by atoms with Crippen molar-refractivity contribution in [2.75, 3.05) is 18.0 Å². The van der Waals surface area contributed by atoms with Gasteiger partial charge in [0.15, 0.2) is 0 Å². The third kappa shape index (κ3) is 3.05. The SMILES string of the molecule is CCN(c1cc(C#N)ccn1)C1CCCCC1CN. The molecule has 1 fully saturated rings. The third-order valence-electron chi connectivity index (χ3n) is 4.08. The van der Waals surface area contributed by atoms with Crippen molar-refractivity contribution >= 4 is 5.82 Å². The van der Waals surface area contributed by atoms with Gasteiger partial charge in [-0.15, -0.1) is 0 Å². The van der Waals surface area contributed by atoms with E-state index in [9.17, 15) is 0 Å². The topological polar surface area (TPSA) is 65.9 Å². The summed E-state index contributed by atoms with van der Waals surface area (Å²) in [5.74, 6) is 1.45. The molecule has 2 atom stereocenters. The summed E-state index contributed by atoms with van der Waals surface area (Å²) in [5, 5.41) is 9.01. The summed E-state index contributed by atoms with van der Waals surface area (Å²) in [6.07, 6.45) is 6.64. The number of pyridine rings is 1. The van der Waals surface area contributed by atoms with Crippen LogP contribution in [-0.2, 0) is 0 Å². The van der Waals surface area contributed by atoms with Gasteiger partial charge >= 0.3 is 0 Å². The number of anilines is 1. The Morgan fingerprint density at radius 2 is 2.26 bits per heavy atom. The molecule has 0 amide bonds. The van der Waals surface area contributed by atoms with Gasteiger partial charge in [-0.25, -0.2) is 4.98 Å². The van der Waals surface area contributed by atoms with E-state index in [0.29, 0.717) is 17.5 Å². The van der Waals surface area contributed by atoms with E-state index in [4.69, 9.17) is 11.0 Å². The molecule has 2 rings (SSSR count). The molecule has 1 aliphatic carbocycles. The van der Waals surface area contributed by atoms with E-state index in [2.05, 4.69) is 22.9 Å². The second-order valence-corrected chi connectivity index (χ2v) is 5.15. The van der Waals surface area contributed by atoms with Crippen LogP contribution in [0, 0.1) is 17.2 Å². The van der Waals surface area contributed by atoms with Crippen molar-refractivity contribution < 1.29 is 0 Å². The summed E-state index contributed by atoms with van der Waals surface area (Å²) in [4.78, 5) is 6.75. The monoisotopic (exact) mass is 258 g/mol. The molecule has 0 spiro atoms. The van der Waals surface area contributed by atoms with E-state index >= 15 is 0 Å². The van der Waals surface area contributed by atoms with Gasteiger partial charge in [0.05, 0.1) is 11.6 Å². The van der Waals surface area contributed by atoms with E-state index in [1.54, 1.807) is 12.3 Å². The number of nitrogens with zero attached hydrogens (tertiary/aromatic N) is 3. The summed E-state index contributed by atoms with van der Waals surface area (Å²) in [5.41, 5.74) is 6.59. The molecule has 1 saturated carbocycles. The Hall–Kier alpha value is -1.60. The normalized spacial score (nSPS) is 22.8. The van der Waals surface area contributed by atoms with Crippen LogP contribution >= 0.6 is 0 Å². The van der Waals surface area contributed by atoms with Gasteiger partial charge < -0.3 is 10.6 Å². The quantitative estimate of drug-likeness (QED) is 0.900. The van der Waals surface area contributed by atoms with Crippen LogP contribution in [0.1, 0.15) is 38.2 Å². The highest BCUT2D eigenvalue weighted by Crippen LogP contribution is 2.30. The number of hydrogen-bond donors (Lipinski definition) is 1. The van der Waals surface area contributed by atoms with Crippen LogP contribution in [0.25, 0.3) is 0 Å². The fraction of sp³-hybridized carbons (Fsp3) is 0.600. The zero-order valence-corrected chi connectivity index (χ0v) is 11.5. The third-order valence-corrected chi connectivity index (χ3v) is 4.08. The van der Waals surface area contributed by atoms with E-state index < -0.39 is 0 Å². The fourth-order valence-corrected chi connectivity index (χ4v) is 3.08. The average molecular weight is 258 g/mol. The Morgan fingerprint density at radius 3 is 2.95 bits per heavy atom. The lowest BCUT2D eigenvalue weighted by atomic mass is 9.83. The van der Waals surface area contributed by atoms with Crippen LogP contribution in [0.2, 0.25) is 0 Å². The van der Waals surface area contributed by atoms with E-state index in [-0.39, 0.29) is 0 Å². The molecule has 0 aromatic carbocycles. The smallest absolute Gasteiger partial charge is 0.130 e. The van der Waals surface area contributed by atoms with Crippen LogP contribution in [0.4, 0.5) is 5.82 Å². The fourth-order valence-electron chi connectivity index (χ4n) is 3.08. The Bertz CT molecular complexity index is 452. The lowest BCUT2D eigenvalue weighted by Crippen LogP contribution is -2.45. The zero-order valence-electron chi connectivity index (χ0n) is 11.5. The van der Waals surface area contributed by atoms with Crippen molar-refractivity contribution in [3.05, 3.63) is 23.9 Å². The summed E-state index contributed by atoms with van der Waals surface area (Å²) in [6, 6.07) is 6.28. The lowest BCUT2D eigenvalue weighted by molar-refractivity contribution is 0.299. The van der Waals surface area contributed by atoms with Gasteiger partial charge in [0.1, 0.15) is 5.82 Å². The minimum Gasteiger partial charge on any atom is -0.354 e. The summed E-state index contributed by atoms with van der Waals surface area (Å²) in [6.45, 7) is 3.78. The molecule has 102 valence electrons. The second kappa shape index (κ2) is 6.53. The predicted octanol–water partition coefficient (Wildman–Crippen LogP) is 2.30. The Kier molecular flexibility index (Phi) is 4.75. The van der Waals surface area contributed by atoms with Gasteiger partial charge in [0, 0.05) is 18.8 Å². The molecule has 4 heteroatoms. The van der Waals surface area contributed by atoms with Crippen molar-refractivity contribution in [3.63, 3.8) is 0 Å². The van der Waals surface area contributed by atoms with Gasteiger partial charge in [-0.3, -0.25) is 0 Å². The average Bonchev–Trinajstić information content (AvgIpc) is 2.49. The first-order valence-electron chi connectivity index (χ1n) is 7.13. The molecule has 0 bridgehead atoms. The molecule has 1 aromatic heterocycles. The molecule has 0 aliphatic heterocycles. The lowest BCUT2D eigenvalue weighted by Gasteiger charge is -2.40. The molecule has 2 unspecified atom stereocenters. The molecule has 19 heavy (non-hydrogen) atoms. The highest BCUT2D eigenvalue weighted by atomic mass is 15.2. The molecule has 1 aliphatic rings. The van der Waals surface area contributed by atoms with E-state index in [1.165, 1.54) is 25.7 Å². The van der Waals surface area contributed by atoms with Crippen LogP contribution in [0.15, 0.2) is 18.3 Å².